The van der Waals surface area contributed by atoms with Crippen molar-refractivity contribution in [1.82, 2.24) is 10.3 Å². The number of amides is 1. The lowest BCUT2D eigenvalue weighted by atomic mass is 10.0. The lowest BCUT2D eigenvalue weighted by Crippen LogP contribution is -2.41. The summed E-state index contributed by atoms with van der Waals surface area (Å²) in [6, 6.07) is 9.44. The summed E-state index contributed by atoms with van der Waals surface area (Å²) in [7, 11) is 0. The zero-order chi connectivity index (χ0) is 14.8. The van der Waals surface area contributed by atoms with Gasteiger partial charge in [0.15, 0.2) is 0 Å². The van der Waals surface area contributed by atoms with Gasteiger partial charge in [-0.25, -0.2) is 0 Å². The number of pyridine rings is 1. The number of carbonyl (C=O) groups is 1. The molecule has 2 atom stereocenters. The van der Waals surface area contributed by atoms with Crippen LogP contribution in [0.1, 0.15) is 29.6 Å². The fourth-order valence-electron chi connectivity index (χ4n) is 3.01. The molecule has 1 aliphatic carbocycles. The molecule has 1 saturated carbocycles. The number of nitrogens with two attached hydrogens (primary N) is 1. The second-order valence-corrected chi connectivity index (χ2v) is 5.87. The maximum Gasteiger partial charge on any atom is 0.252 e. The average Bonchev–Trinajstić information content (AvgIpc) is 2.95. The van der Waals surface area contributed by atoms with E-state index in [2.05, 4.69) is 10.3 Å². The van der Waals surface area contributed by atoms with Crippen molar-refractivity contribution in [3.63, 3.8) is 0 Å². The van der Waals surface area contributed by atoms with Crippen LogP contribution in [0, 0.1) is 5.92 Å². The summed E-state index contributed by atoms with van der Waals surface area (Å²) in [5, 5.41) is 3.95. The van der Waals surface area contributed by atoms with E-state index >= 15 is 0 Å². The lowest BCUT2D eigenvalue weighted by molar-refractivity contribution is 0.0935. The molecule has 1 heterocycles. The number of rotatable bonds is 3. The molecule has 4 nitrogen and oxygen atoms in total. The minimum atomic E-state index is -0.0817. The molecule has 108 valence electrons. The van der Waals surface area contributed by atoms with Gasteiger partial charge in [-0.15, -0.1) is 0 Å². The number of nitrogens with zero attached hydrogens (tertiary/aromatic N) is 1. The summed E-state index contributed by atoms with van der Waals surface area (Å²) in [6.45, 7) is 0. The molecule has 1 fully saturated rings. The number of aromatic nitrogens is 1. The van der Waals surface area contributed by atoms with Crippen LogP contribution < -0.4 is 11.1 Å². The molecule has 0 aliphatic heterocycles. The summed E-state index contributed by atoms with van der Waals surface area (Å²) in [6.07, 6.45) is 4.59. The number of carbonyl (C=O) groups excluding carboxylic acids is 1. The molecule has 5 heteroatoms. The Kier molecular flexibility index (Phi) is 3.84. The highest BCUT2D eigenvalue weighted by molar-refractivity contribution is 7.80. The van der Waals surface area contributed by atoms with Crippen molar-refractivity contribution >= 4 is 34.0 Å². The molecule has 2 aromatic rings. The van der Waals surface area contributed by atoms with Crippen molar-refractivity contribution in [1.29, 1.82) is 0 Å². The molecule has 2 unspecified atom stereocenters. The molecule has 0 radical (unpaired) electrons. The van der Waals surface area contributed by atoms with Crippen molar-refractivity contribution < 1.29 is 4.79 Å². The van der Waals surface area contributed by atoms with E-state index < -0.39 is 0 Å². The Labute approximate surface area is 128 Å². The minimum absolute atomic E-state index is 0.0435. The Bertz CT molecular complexity index is 695. The van der Waals surface area contributed by atoms with Crippen LogP contribution in [0.3, 0.4) is 0 Å². The first-order valence-corrected chi connectivity index (χ1v) is 7.51. The molecule has 0 saturated heterocycles. The molecule has 1 aliphatic rings. The Morgan fingerprint density at radius 3 is 2.90 bits per heavy atom. The van der Waals surface area contributed by atoms with Gasteiger partial charge >= 0.3 is 0 Å². The van der Waals surface area contributed by atoms with Gasteiger partial charge in [0.25, 0.3) is 5.91 Å². The quantitative estimate of drug-likeness (QED) is 0.854. The van der Waals surface area contributed by atoms with Crippen molar-refractivity contribution in [3.8, 4) is 0 Å². The highest BCUT2D eigenvalue weighted by Gasteiger charge is 2.30. The first-order valence-electron chi connectivity index (χ1n) is 7.11. The maximum absolute atomic E-state index is 12.6. The molecule has 1 amide bonds. The third-order valence-electron chi connectivity index (χ3n) is 4.09. The normalized spacial score (nSPS) is 21.3. The fraction of sp³-hybridized carbons (Fsp3) is 0.312. The van der Waals surface area contributed by atoms with Crippen molar-refractivity contribution in [2.45, 2.75) is 25.3 Å². The van der Waals surface area contributed by atoms with E-state index in [0.717, 1.165) is 30.2 Å². The molecule has 0 bridgehead atoms. The number of benzene rings is 1. The molecule has 3 rings (SSSR count). The summed E-state index contributed by atoms with van der Waals surface area (Å²) in [4.78, 5) is 17.3. The number of thiocarbonyl (C=S) groups is 1. The van der Waals surface area contributed by atoms with Crippen LogP contribution in [0.2, 0.25) is 0 Å². The van der Waals surface area contributed by atoms with Gasteiger partial charge in [-0.05, 0) is 25.0 Å². The van der Waals surface area contributed by atoms with Gasteiger partial charge in [0.05, 0.1) is 16.1 Å². The SMILES string of the molecule is NC(=S)C1CCCC1NC(=O)c1ccnc2ccccc12. The van der Waals surface area contributed by atoms with Crippen molar-refractivity contribution in [2.24, 2.45) is 11.7 Å². The van der Waals surface area contributed by atoms with Crippen LogP contribution in [-0.2, 0) is 0 Å². The first-order chi connectivity index (χ1) is 10.2. The van der Waals surface area contributed by atoms with Gasteiger partial charge in [-0.1, -0.05) is 36.8 Å². The van der Waals surface area contributed by atoms with E-state index in [1.54, 1.807) is 12.3 Å². The van der Waals surface area contributed by atoms with Gasteiger partial charge in [-0.2, -0.15) is 0 Å². The summed E-state index contributed by atoms with van der Waals surface area (Å²) < 4.78 is 0. The Morgan fingerprint density at radius 2 is 2.10 bits per heavy atom. The van der Waals surface area contributed by atoms with Gasteiger partial charge < -0.3 is 11.1 Å². The monoisotopic (exact) mass is 299 g/mol. The van der Waals surface area contributed by atoms with Crippen LogP contribution in [0.15, 0.2) is 36.5 Å². The Balaban J connectivity index is 1.86. The lowest BCUT2D eigenvalue weighted by Gasteiger charge is -2.20. The number of hydrogen-bond acceptors (Lipinski definition) is 3. The van der Waals surface area contributed by atoms with E-state index in [1.807, 2.05) is 24.3 Å². The molecule has 21 heavy (non-hydrogen) atoms. The number of hydrogen-bond donors (Lipinski definition) is 2. The number of fused-ring (bicyclic) bond motifs is 1. The van der Waals surface area contributed by atoms with E-state index in [9.17, 15) is 4.79 Å². The standard InChI is InChI=1S/C16H17N3OS/c17-15(21)12-5-3-7-14(12)19-16(20)11-8-9-18-13-6-2-1-4-10(11)13/h1-2,4,6,8-9,12,14H,3,5,7H2,(H2,17,21)(H,19,20). The number of nitrogens with one attached hydrogen (secondary N) is 1. The minimum Gasteiger partial charge on any atom is -0.393 e. The highest BCUT2D eigenvalue weighted by Crippen LogP contribution is 2.26. The highest BCUT2D eigenvalue weighted by atomic mass is 32.1. The van der Waals surface area contributed by atoms with Gasteiger partial charge in [0, 0.05) is 23.5 Å². The molecule has 1 aromatic heterocycles. The maximum atomic E-state index is 12.6. The van der Waals surface area contributed by atoms with Crippen molar-refractivity contribution in [3.05, 3.63) is 42.1 Å². The summed E-state index contributed by atoms with van der Waals surface area (Å²) >= 11 is 5.10. The zero-order valence-electron chi connectivity index (χ0n) is 11.6. The molecule has 1 aromatic carbocycles. The average molecular weight is 299 g/mol. The summed E-state index contributed by atoms with van der Waals surface area (Å²) in [5.41, 5.74) is 7.23. The zero-order valence-corrected chi connectivity index (χ0v) is 12.4. The molecule has 0 spiro atoms. The smallest absolute Gasteiger partial charge is 0.252 e. The largest absolute Gasteiger partial charge is 0.393 e. The third kappa shape index (κ3) is 2.74. The van der Waals surface area contributed by atoms with E-state index in [-0.39, 0.29) is 17.9 Å². The second kappa shape index (κ2) is 5.77. The first kappa shape index (κ1) is 13.9. The Hall–Kier alpha value is -2.01. The van der Waals surface area contributed by atoms with Gasteiger partial charge in [-0.3, -0.25) is 9.78 Å². The molecule has 3 N–H and O–H groups in total. The van der Waals surface area contributed by atoms with E-state index in [0.29, 0.717) is 10.6 Å². The van der Waals surface area contributed by atoms with Crippen LogP contribution in [0.5, 0.6) is 0 Å². The Morgan fingerprint density at radius 1 is 1.29 bits per heavy atom. The van der Waals surface area contributed by atoms with Gasteiger partial charge in [0.1, 0.15) is 0 Å². The van der Waals surface area contributed by atoms with E-state index in [4.69, 9.17) is 18.0 Å². The van der Waals surface area contributed by atoms with Gasteiger partial charge in [0.2, 0.25) is 0 Å². The fourth-order valence-corrected chi connectivity index (χ4v) is 3.30. The van der Waals surface area contributed by atoms with Crippen LogP contribution in [-0.4, -0.2) is 21.9 Å². The molecular formula is C16H17N3OS. The topological polar surface area (TPSA) is 68.0 Å². The number of para-hydroxylation sites is 1. The summed E-state index contributed by atoms with van der Waals surface area (Å²) in [5.74, 6) is 0.0267. The molecular weight excluding hydrogens is 282 g/mol. The predicted molar refractivity (Wildman–Crippen MR) is 87.1 cm³/mol. The third-order valence-corrected chi connectivity index (χ3v) is 4.39. The van der Waals surface area contributed by atoms with Crippen LogP contribution in [0.4, 0.5) is 0 Å². The van der Waals surface area contributed by atoms with Crippen molar-refractivity contribution in [2.75, 3.05) is 0 Å². The van der Waals surface area contributed by atoms with Crippen LogP contribution in [0.25, 0.3) is 10.9 Å². The van der Waals surface area contributed by atoms with Crippen LogP contribution >= 0.6 is 12.2 Å². The predicted octanol–water partition coefficient (Wildman–Crippen LogP) is 2.42. The second-order valence-electron chi connectivity index (χ2n) is 5.40. The van der Waals surface area contributed by atoms with E-state index in [1.165, 1.54) is 0 Å².